The number of aryl methyl sites for hydroxylation is 1. The molecule has 0 radical (unpaired) electrons. The standard InChI is InChI=1S/C14H26N4O/c1-11-9-18(12(2)10-19-3)14(16-11)17-7-5-4-6-13(17)8-15/h9,12-13H,4-8,10,15H2,1-3H3. The summed E-state index contributed by atoms with van der Waals surface area (Å²) >= 11 is 0. The zero-order chi connectivity index (χ0) is 13.8. The highest BCUT2D eigenvalue weighted by molar-refractivity contribution is 5.36. The third-order valence-electron chi connectivity index (χ3n) is 3.87. The molecule has 1 saturated heterocycles. The predicted molar refractivity (Wildman–Crippen MR) is 77.6 cm³/mol. The Morgan fingerprint density at radius 3 is 3.00 bits per heavy atom. The average Bonchev–Trinajstić information content (AvgIpc) is 2.81. The predicted octanol–water partition coefficient (Wildman–Crippen LogP) is 1.72. The van der Waals surface area contributed by atoms with E-state index in [1.54, 1.807) is 7.11 Å². The van der Waals surface area contributed by atoms with Gasteiger partial charge in [-0.2, -0.15) is 0 Å². The summed E-state index contributed by atoms with van der Waals surface area (Å²) in [4.78, 5) is 7.09. The molecule has 0 aliphatic carbocycles. The molecule has 1 aromatic heterocycles. The Balaban J connectivity index is 2.27. The van der Waals surface area contributed by atoms with Crippen molar-refractivity contribution in [3.63, 3.8) is 0 Å². The van der Waals surface area contributed by atoms with Gasteiger partial charge in [-0.3, -0.25) is 0 Å². The van der Waals surface area contributed by atoms with Gasteiger partial charge in [-0.25, -0.2) is 4.98 Å². The summed E-state index contributed by atoms with van der Waals surface area (Å²) in [7, 11) is 1.74. The summed E-state index contributed by atoms with van der Waals surface area (Å²) in [6, 6.07) is 0.714. The van der Waals surface area contributed by atoms with Gasteiger partial charge in [0.15, 0.2) is 0 Å². The van der Waals surface area contributed by atoms with Crippen molar-refractivity contribution in [1.82, 2.24) is 9.55 Å². The van der Waals surface area contributed by atoms with E-state index >= 15 is 0 Å². The molecule has 2 heterocycles. The second-order valence-corrected chi connectivity index (χ2v) is 5.47. The maximum Gasteiger partial charge on any atom is 0.206 e. The van der Waals surface area contributed by atoms with Gasteiger partial charge in [-0.05, 0) is 33.1 Å². The van der Waals surface area contributed by atoms with Gasteiger partial charge in [0.05, 0.1) is 18.3 Å². The summed E-state index contributed by atoms with van der Waals surface area (Å²) in [6.45, 7) is 6.66. The van der Waals surface area contributed by atoms with Crippen LogP contribution in [0.3, 0.4) is 0 Å². The van der Waals surface area contributed by atoms with E-state index in [-0.39, 0.29) is 0 Å². The molecule has 0 aromatic carbocycles. The normalized spacial score (nSPS) is 21.7. The highest BCUT2D eigenvalue weighted by Gasteiger charge is 2.26. The van der Waals surface area contributed by atoms with Crippen LogP contribution in [-0.2, 0) is 4.74 Å². The number of rotatable bonds is 5. The van der Waals surface area contributed by atoms with Crippen molar-refractivity contribution in [1.29, 1.82) is 0 Å². The molecule has 0 spiro atoms. The molecule has 108 valence electrons. The van der Waals surface area contributed by atoms with Crippen LogP contribution in [-0.4, -0.2) is 42.4 Å². The van der Waals surface area contributed by atoms with Gasteiger partial charge in [-0.1, -0.05) is 0 Å². The van der Waals surface area contributed by atoms with Crippen LogP contribution in [0.5, 0.6) is 0 Å². The fourth-order valence-electron chi connectivity index (χ4n) is 2.87. The summed E-state index contributed by atoms with van der Waals surface area (Å²) < 4.78 is 7.50. The molecule has 2 atom stereocenters. The Bertz CT molecular complexity index is 404. The molecule has 19 heavy (non-hydrogen) atoms. The number of nitrogens with zero attached hydrogens (tertiary/aromatic N) is 3. The van der Waals surface area contributed by atoms with Crippen molar-refractivity contribution in [2.45, 2.75) is 45.2 Å². The van der Waals surface area contributed by atoms with Gasteiger partial charge >= 0.3 is 0 Å². The lowest BCUT2D eigenvalue weighted by molar-refractivity contribution is 0.162. The molecule has 2 unspecified atom stereocenters. The van der Waals surface area contributed by atoms with Crippen molar-refractivity contribution in [3.05, 3.63) is 11.9 Å². The van der Waals surface area contributed by atoms with E-state index in [0.717, 1.165) is 18.2 Å². The van der Waals surface area contributed by atoms with Crippen LogP contribution in [0.4, 0.5) is 5.95 Å². The smallest absolute Gasteiger partial charge is 0.206 e. The zero-order valence-corrected chi connectivity index (χ0v) is 12.3. The molecule has 2 rings (SSSR count). The van der Waals surface area contributed by atoms with Crippen LogP contribution in [0.15, 0.2) is 6.20 Å². The van der Waals surface area contributed by atoms with E-state index in [4.69, 9.17) is 15.5 Å². The molecule has 0 saturated carbocycles. The molecule has 5 nitrogen and oxygen atoms in total. The van der Waals surface area contributed by atoms with Crippen LogP contribution in [0.1, 0.15) is 37.9 Å². The monoisotopic (exact) mass is 266 g/mol. The number of nitrogens with two attached hydrogens (primary N) is 1. The molecule has 5 heteroatoms. The molecule has 1 aromatic rings. The number of hydrogen-bond donors (Lipinski definition) is 1. The first-order valence-electron chi connectivity index (χ1n) is 7.18. The van der Waals surface area contributed by atoms with Crippen LogP contribution in [0, 0.1) is 6.92 Å². The maximum absolute atomic E-state index is 5.92. The van der Waals surface area contributed by atoms with E-state index in [1.807, 2.05) is 6.92 Å². The van der Waals surface area contributed by atoms with Gasteiger partial charge in [-0.15, -0.1) is 0 Å². The van der Waals surface area contributed by atoms with Crippen LogP contribution < -0.4 is 10.6 Å². The first-order valence-corrected chi connectivity index (χ1v) is 7.18. The van der Waals surface area contributed by atoms with Crippen molar-refractivity contribution >= 4 is 5.95 Å². The Hall–Kier alpha value is -1.07. The quantitative estimate of drug-likeness (QED) is 0.881. The van der Waals surface area contributed by atoms with E-state index in [0.29, 0.717) is 25.2 Å². The van der Waals surface area contributed by atoms with Crippen LogP contribution in [0.25, 0.3) is 0 Å². The minimum absolute atomic E-state index is 0.293. The lowest BCUT2D eigenvalue weighted by atomic mass is 10.0. The minimum Gasteiger partial charge on any atom is -0.383 e. The first kappa shape index (κ1) is 14.3. The number of aromatic nitrogens is 2. The maximum atomic E-state index is 5.92. The lowest BCUT2D eigenvalue weighted by Gasteiger charge is -2.36. The minimum atomic E-state index is 0.293. The van der Waals surface area contributed by atoms with Crippen molar-refractivity contribution < 1.29 is 4.74 Å². The largest absolute Gasteiger partial charge is 0.383 e. The van der Waals surface area contributed by atoms with E-state index in [2.05, 4.69) is 22.6 Å². The first-order chi connectivity index (χ1) is 9.17. The molecule has 0 amide bonds. The van der Waals surface area contributed by atoms with Crippen LogP contribution >= 0.6 is 0 Å². The fraction of sp³-hybridized carbons (Fsp3) is 0.786. The van der Waals surface area contributed by atoms with Crippen molar-refractivity contribution in [2.24, 2.45) is 5.73 Å². The summed E-state index contributed by atoms with van der Waals surface area (Å²) in [6.07, 6.45) is 5.77. The highest BCUT2D eigenvalue weighted by atomic mass is 16.5. The van der Waals surface area contributed by atoms with Crippen molar-refractivity contribution in [2.75, 3.05) is 31.7 Å². The van der Waals surface area contributed by atoms with Gasteiger partial charge in [0.2, 0.25) is 5.95 Å². The number of imidazole rings is 1. The van der Waals surface area contributed by atoms with Gasteiger partial charge in [0.1, 0.15) is 0 Å². The molecule has 1 aliphatic heterocycles. The second kappa shape index (κ2) is 6.39. The number of hydrogen-bond acceptors (Lipinski definition) is 4. The Morgan fingerprint density at radius 1 is 1.53 bits per heavy atom. The van der Waals surface area contributed by atoms with Crippen molar-refractivity contribution in [3.8, 4) is 0 Å². The summed E-state index contributed by atoms with van der Waals surface area (Å²) in [5.74, 6) is 1.05. The molecule has 1 fully saturated rings. The third kappa shape index (κ3) is 3.09. The number of piperidine rings is 1. The fourth-order valence-corrected chi connectivity index (χ4v) is 2.87. The molecular formula is C14H26N4O. The summed E-state index contributed by atoms with van der Waals surface area (Å²) in [5, 5.41) is 0. The zero-order valence-electron chi connectivity index (χ0n) is 12.3. The van der Waals surface area contributed by atoms with Gasteiger partial charge in [0, 0.05) is 32.4 Å². The Labute approximate surface area is 115 Å². The molecule has 1 aliphatic rings. The molecule has 2 N–H and O–H groups in total. The van der Waals surface area contributed by atoms with E-state index < -0.39 is 0 Å². The summed E-state index contributed by atoms with van der Waals surface area (Å²) in [5.41, 5.74) is 6.97. The molecule has 0 bridgehead atoms. The van der Waals surface area contributed by atoms with E-state index in [1.165, 1.54) is 19.3 Å². The third-order valence-corrected chi connectivity index (χ3v) is 3.87. The van der Waals surface area contributed by atoms with E-state index in [9.17, 15) is 0 Å². The second-order valence-electron chi connectivity index (χ2n) is 5.47. The number of anilines is 1. The van der Waals surface area contributed by atoms with Gasteiger partial charge < -0.3 is 19.9 Å². The number of ether oxygens (including phenoxy) is 1. The van der Waals surface area contributed by atoms with Crippen LogP contribution in [0.2, 0.25) is 0 Å². The Kier molecular flexibility index (Phi) is 4.82. The SMILES string of the molecule is COCC(C)n1cc(C)nc1N1CCCCC1CN. The number of methoxy groups -OCH3 is 1. The Morgan fingerprint density at radius 2 is 2.32 bits per heavy atom. The average molecular weight is 266 g/mol. The van der Waals surface area contributed by atoms with Gasteiger partial charge in [0.25, 0.3) is 0 Å². The topological polar surface area (TPSA) is 56.3 Å². The highest BCUT2D eigenvalue weighted by Crippen LogP contribution is 2.26. The molecular weight excluding hydrogens is 240 g/mol. The lowest BCUT2D eigenvalue weighted by Crippen LogP contribution is -2.45.